The summed E-state index contributed by atoms with van der Waals surface area (Å²) in [4.78, 5) is 3.22. The average Bonchev–Trinajstić information content (AvgIpc) is 2.69. The molecule has 70 valence electrons. The van der Waals surface area contributed by atoms with Gasteiger partial charge in [0.2, 0.25) is 0 Å². The van der Waals surface area contributed by atoms with Crippen LogP contribution in [-0.2, 0) is 0 Å². The van der Waals surface area contributed by atoms with Gasteiger partial charge in [-0.2, -0.15) is 17.4 Å². The Bertz CT molecular complexity index is 296. The van der Waals surface area contributed by atoms with E-state index >= 15 is 0 Å². The van der Waals surface area contributed by atoms with Crippen LogP contribution in [0.1, 0.15) is 59.8 Å². The first-order valence-corrected chi connectivity index (χ1v) is 6.13. The van der Waals surface area contributed by atoms with Gasteiger partial charge in [-0.05, 0) is 36.0 Å². The van der Waals surface area contributed by atoms with Gasteiger partial charge >= 0.3 is 0 Å². The number of hydrogen-bond acceptors (Lipinski definition) is 1. The van der Waals surface area contributed by atoms with Crippen molar-refractivity contribution >= 4 is 11.3 Å². The topological polar surface area (TPSA) is 0 Å². The molecule has 0 radical (unpaired) electrons. The van der Waals surface area contributed by atoms with E-state index < -0.39 is 0 Å². The minimum absolute atomic E-state index is 0.929. The van der Waals surface area contributed by atoms with E-state index in [1.54, 1.807) is 10.4 Å². The van der Waals surface area contributed by atoms with Crippen LogP contribution >= 0.6 is 11.3 Å². The maximum absolute atomic E-state index is 2.44. The summed E-state index contributed by atoms with van der Waals surface area (Å²) in [6.45, 7) is 2.15. The van der Waals surface area contributed by atoms with E-state index in [0.717, 1.165) is 11.8 Å². The highest BCUT2D eigenvalue weighted by Crippen LogP contribution is 2.53. The molecular weight excluding hydrogens is 176 g/mol. The van der Waals surface area contributed by atoms with E-state index in [4.69, 9.17) is 0 Å². The second kappa shape index (κ2) is 2.78. The Morgan fingerprint density at radius 1 is 1.38 bits per heavy atom. The average molecular weight is 191 g/mol. The van der Waals surface area contributed by atoms with Crippen LogP contribution in [0.3, 0.4) is 0 Å². The van der Waals surface area contributed by atoms with E-state index in [1.165, 1.54) is 30.6 Å². The van der Waals surface area contributed by atoms with Gasteiger partial charge in [-0.25, -0.2) is 6.42 Å². The van der Waals surface area contributed by atoms with Crippen molar-refractivity contribution in [1.82, 2.24) is 0 Å². The third kappa shape index (κ3) is 1.06. The second-order valence-corrected chi connectivity index (χ2v) is 5.43. The standard InChI is InChI=1S/C12H15S/c1-2-10-7-11-8-4-3-5-9(6-8)12(11)13-10/h2,7-9H,3-6H2,1H3/q-1. The molecule has 3 rings (SSSR count). The van der Waals surface area contributed by atoms with Crippen molar-refractivity contribution in [1.29, 1.82) is 0 Å². The highest BCUT2D eigenvalue weighted by atomic mass is 32.1. The number of hydrogen-bond donors (Lipinski definition) is 0. The molecule has 0 aromatic carbocycles. The Morgan fingerprint density at radius 2 is 2.23 bits per heavy atom. The zero-order chi connectivity index (χ0) is 8.84. The lowest BCUT2D eigenvalue weighted by molar-refractivity contribution is 0.436. The molecule has 2 atom stereocenters. The van der Waals surface area contributed by atoms with Crippen molar-refractivity contribution in [2.45, 2.75) is 44.4 Å². The Kier molecular flexibility index (Phi) is 1.69. The van der Waals surface area contributed by atoms with E-state index in [9.17, 15) is 0 Å². The summed E-state index contributed by atoms with van der Waals surface area (Å²) < 4.78 is 0. The van der Waals surface area contributed by atoms with Crippen LogP contribution < -0.4 is 0 Å². The lowest BCUT2D eigenvalue weighted by Crippen LogP contribution is -2.01. The molecule has 2 bridgehead atoms. The quantitative estimate of drug-likeness (QED) is 0.587. The van der Waals surface area contributed by atoms with E-state index in [1.807, 2.05) is 11.3 Å². The highest BCUT2D eigenvalue weighted by molar-refractivity contribution is 7.12. The SMILES string of the molecule is C[CH-]c1cc2c(s1)C1CCCC2C1. The van der Waals surface area contributed by atoms with Crippen LogP contribution in [0.25, 0.3) is 0 Å². The number of thiophene rings is 1. The van der Waals surface area contributed by atoms with Crippen molar-refractivity contribution in [2.24, 2.45) is 0 Å². The zero-order valence-electron chi connectivity index (χ0n) is 8.05. The molecule has 1 heteroatoms. The molecule has 1 aromatic heterocycles. The summed E-state index contributed by atoms with van der Waals surface area (Å²) in [6, 6.07) is 2.44. The summed E-state index contributed by atoms with van der Waals surface area (Å²) in [7, 11) is 0. The fourth-order valence-corrected chi connectivity index (χ4v) is 4.21. The fraction of sp³-hybridized carbons (Fsp3) is 0.583. The molecule has 1 saturated carbocycles. The second-order valence-electron chi connectivity index (χ2n) is 4.32. The Morgan fingerprint density at radius 3 is 3.08 bits per heavy atom. The van der Waals surface area contributed by atoms with Gasteiger partial charge in [0.15, 0.2) is 0 Å². The van der Waals surface area contributed by atoms with Crippen molar-refractivity contribution in [3.8, 4) is 0 Å². The van der Waals surface area contributed by atoms with Crippen LogP contribution in [0.2, 0.25) is 0 Å². The van der Waals surface area contributed by atoms with Gasteiger partial charge in [0, 0.05) is 0 Å². The molecule has 0 amide bonds. The summed E-state index contributed by atoms with van der Waals surface area (Å²) in [5.41, 5.74) is 1.71. The lowest BCUT2D eigenvalue weighted by Gasteiger charge is -2.20. The van der Waals surface area contributed by atoms with E-state index in [-0.39, 0.29) is 0 Å². The van der Waals surface area contributed by atoms with Crippen molar-refractivity contribution in [2.75, 3.05) is 0 Å². The van der Waals surface area contributed by atoms with E-state index in [0.29, 0.717) is 0 Å². The van der Waals surface area contributed by atoms with Gasteiger partial charge in [0.1, 0.15) is 0 Å². The molecule has 0 N–H and O–H groups in total. The molecule has 0 aliphatic heterocycles. The maximum atomic E-state index is 2.44. The molecule has 2 aliphatic rings. The molecular formula is C12H15S-. The largest absolute Gasteiger partial charge is 0.216 e. The molecule has 2 aliphatic carbocycles. The van der Waals surface area contributed by atoms with Crippen LogP contribution in [-0.4, -0.2) is 0 Å². The number of rotatable bonds is 1. The first-order chi connectivity index (χ1) is 6.38. The third-order valence-corrected chi connectivity index (χ3v) is 4.96. The van der Waals surface area contributed by atoms with Crippen LogP contribution in [0, 0.1) is 6.42 Å². The van der Waals surface area contributed by atoms with Crippen LogP contribution in [0.5, 0.6) is 0 Å². The maximum Gasteiger partial charge on any atom is -0.00757 e. The van der Waals surface area contributed by atoms with Crippen LogP contribution in [0.15, 0.2) is 6.07 Å². The molecule has 0 saturated heterocycles. The summed E-state index contributed by atoms with van der Waals surface area (Å²) >= 11 is 2.04. The first kappa shape index (κ1) is 7.93. The van der Waals surface area contributed by atoms with Gasteiger partial charge in [0.25, 0.3) is 0 Å². The van der Waals surface area contributed by atoms with Gasteiger partial charge in [0.05, 0.1) is 0 Å². The monoisotopic (exact) mass is 191 g/mol. The normalized spacial score (nSPS) is 30.2. The number of fused-ring (bicyclic) bond motifs is 5. The predicted octanol–water partition coefficient (Wildman–Crippen LogP) is 4.08. The first-order valence-electron chi connectivity index (χ1n) is 5.31. The Labute approximate surface area is 84.0 Å². The summed E-state index contributed by atoms with van der Waals surface area (Å²) in [6.07, 6.45) is 8.07. The van der Waals surface area contributed by atoms with Crippen molar-refractivity contribution in [3.05, 3.63) is 27.8 Å². The minimum Gasteiger partial charge on any atom is -0.216 e. The Balaban J connectivity index is 2.06. The van der Waals surface area contributed by atoms with Gasteiger partial charge in [-0.3, -0.25) is 0 Å². The minimum atomic E-state index is 0.929. The molecule has 2 unspecified atom stereocenters. The molecule has 0 nitrogen and oxygen atoms in total. The van der Waals surface area contributed by atoms with Crippen molar-refractivity contribution in [3.63, 3.8) is 0 Å². The third-order valence-electron chi connectivity index (χ3n) is 3.58. The summed E-state index contributed by atoms with van der Waals surface area (Å²) in [5.74, 6) is 1.87. The zero-order valence-corrected chi connectivity index (χ0v) is 8.86. The smallest absolute Gasteiger partial charge is 0.00757 e. The molecule has 0 spiro atoms. The fourth-order valence-electron chi connectivity index (χ4n) is 2.93. The Hall–Kier alpha value is -0.430. The van der Waals surface area contributed by atoms with Crippen molar-refractivity contribution < 1.29 is 0 Å². The molecule has 1 aromatic rings. The van der Waals surface area contributed by atoms with E-state index in [2.05, 4.69) is 19.4 Å². The predicted molar refractivity (Wildman–Crippen MR) is 57.3 cm³/mol. The molecule has 1 heterocycles. The van der Waals surface area contributed by atoms with Crippen LogP contribution in [0.4, 0.5) is 0 Å². The molecule has 13 heavy (non-hydrogen) atoms. The lowest BCUT2D eigenvalue weighted by atomic mass is 9.87. The van der Waals surface area contributed by atoms with Gasteiger partial charge < -0.3 is 0 Å². The van der Waals surface area contributed by atoms with Gasteiger partial charge in [-0.15, -0.1) is 17.4 Å². The summed E-state index contributed by atoms with van der Waals surface area (Å²) in [5, 5.41) is 0. The molecule has 1 fully saturated rings. The van der Waals surface area contributed by atoms with Gasteiger partial charge in [-0.1, -0.05) is 6.42 Å². The highest BCUT2D eigenvalue weighted by Gasteiger charge is 2.33.